The summed E-state index contributed by atoms with van der Waals surface area (Å²) in [5.41, 5.74) is 6.22. The van der Waals surface area contributed by atoms with Gasteiger partial charge in [0, 0.05) is 27.7 Å². The maximum absolute atomic E-state index is 12.2. The summed E-state index contributed by atoms with van der Waals surface area (Å²) in [6.07, 6.45) is -5.22. The van der Waals surface area contributed by atoms with Crippen LogP contribution in [0.15, 0.2) is 23.1 Å². The van der Waals surface area contributed by atoms with E-state index in [4.69, 9.17) is 5.73 Å². The summed E-state index contributed by atoms with van der Waals surface area (Å²) in [4.78, 5) is 1.34. The van der Waals surface area contributed by atoms with Crippen LogP contribution in [-0.2, 0) is 10.0 Å². The van der Waals surface area contributed by atoms with Gasteiger partial charge in [0.2, 0.25) is 10.0 Å². The van der Waals surface area contributed by atoms with Crippen molar-refractivity contribution in [1.29, 1.82) is 0 Å². The highest BCUT2D eigenvalue weighted by atomic mass is 32.2. The van der Waals surface area contributed by atoms with E-state index in [9.17, 15) is 21.6 Å². The van der Waals surface area contributed by atoms with Gasteiger partial charge in [-0.05, 0) is 18.2 Å². The summed E-state index contributed by atoms with van der Waals surface area (Å²) in [7, 11) is 0.615. The quantitative estimate of drug-likeness (QED) is 0.840. The van der Waals surface area contributed by atoms with Gasteiger partial charge < -0.3 is 10.6 Å². The molecule has 5 nitrogen and oxygen atoms in total. The SMILES string of the molecule is CN(CCC(F)(F)F)c1ccc(S(=O)(=O)N(C)C)cc1N. The lowest BCUT2D eigenvalue weighted by Crippen LogP contribution is -2.25. The van der Waals surface area contributed by atoms with E-state index in [1.807, 2.05) is 0 Å². The van der Waals surface area contributed by atoms with Crippen LogP contribution in [0.1, 0.15) is 6.42 Å². The van der Waals surface area contributed by atoms with Gasteiger partial charge in [0.15, 0.2) is 0 Å². The molecule has 2 N–H and O–H groups in total. The van der Waals surface area contributed by atoms with E-state index < -0.39 is 22.6 Å². The molecule has 0 atom stereocenters. The second kappa shape index (κ2) is 6.10. The van der Waals surface area contributed by atoms with Gasteiger partial charge in [0.1, 0.15) is 0 Å². The predicted octanol–water partition coefficient (Wildman–Crippen LogP) is 1.91. The molecule has 0 fully saturated rings. The smallest absolute Gasteiger partial charge is 0.390 e. The van der Waals surface area contributed by atoms with E-state index in [0.29, 0.717) is 5.69 Å². The van der Waals surface area contributed by atoms with Crippen LogP contribution in [0, 0.1) is 0 Å². The molecule has 0 unspecified atom stereocenters. The monoisotopic (exact) mass is 325 g/mol. The van der Waals surface area contributed by atoms with Crippen LogP contribution in [0.2, 0.25) is 0 Å². The van der Waals surface area contributed by atoms with Gasteiger partial charge >= 0.3 is 6.18 Å². The third-order valence-corrected chi connectivity index (χ3v) is 4.73. The average molecular weight is 325 g/mol. The highest BCUT2D eigenvalue weighted by Crippen LogP contribution is 2.28. The number of nitrogens with two attached hydrogens (primary N) is 1. The zero-order valence-corrected chi connectivity index (χ0v) is 12.8. The Kier molecular flexibility index (Phi) is 5.11. The van der Waals surface area contributed by atoms with Crippen LogP contribution in [0.3, 0.4) is 0 Å². The maximum Gasteiger partial charge on any atom is 0.390 e. The van der Waals surface area contributed by atoms with E-state index in [1.54, 1.807) is 0 Å². The summed E-state index contributed by atoms with van der Waals surface area (Å²) in [6.45, 7) is -0.256. The van der Waals surface area contributed by atoms with E-state index in [2.05, 4.69) is 0 Å². The molecule has 0 saturated carbocycles. The zero-order valence-electron chi connectivity index (χ0n) is 12.0. The average Bonchev–Trinajstić information content (AvgIpc) is 2.34. The first-order chi connectivity index (χ1) is 9.45. The normalized spacial score (nSPS) is 12.7. The number of anilines is 2. The number of nitrogen functional groups attached to an aromatic ring is 1. The Bertz CT molecular complexity index is 600. The Hall–Kier alpha value is -1.48. The summed E-state index contributed by atoms with van der Waals surface area (Å²) >= 11 is 0. The molecule has 1 aromatic rings. The van der Waals surface area contributed by atoms with Gasteiger partial charge in [-0.15, -0.1) is 0 Å². The number of benzene rings is 1. The van der Waals surface area contributed by atoms with Gasteiger partial charge in [-0.1, -0.05) is 0 Å². The van der Waals surface area contributed by atoms with Gasteiger partial charge in [-0.2, -0.15) is 13.2 Å². The molecule has 0 aromatic heterocycles. The Morgan fingerprint density at radius 3 is 2.19 bits per heavy atom. The Morgan fingerprint density at radius 1 is 1.19 bits per heavy atom. The molecule has 0 aliphatic carbocycles. The van der Waals surface area contributed by atoms with Crippen LogP contribution in [0.4, 0.5) is 24.5 Å². The van der Waals surface area contributed by atoms with E-state index in [-0.39, 0.29) is 17.1 Å². The molecule has 0 spiro atoms. The highest BCUT2D eigenvalue weighted by Gasteiger charge is 2.27. The number of nitrogens with zero attached hydrogens (tertiary/aromatic N) is 2. The second-order valence-electron chi connectivity index (χ2n) is 4.79. The van der Waals surface area contributed by atoms with Crippen molar-refractivity contribution in [2.45, 2.75) is 17.5 Å². The first-order valence-corrected chi connectivity index (χ1v) is 7.49. The lowest BCUT2D eigenvalue weighted by Gasteiger charge is -2.22. The number of halogens is 3. The maximum atomic E-state index is 12.2. The van der Waals surface area contributed by atoms with Crippen LogP contribution >= 0.6 is 0 Å². The Labute approximate surface area is 122 Å². The third-order valence-electron chi connectivity index (χ3n) is 2.92. The first-order valence-electron chi connectivity index (χ1n) is 6.05. The van der Waals surface area contributed by atoms with Gasteiger partial charge in [0.05, 0.1) is 22.7 Å². The molecule has 9 heteroatoms. The topological polar surface area (TPSA) is 66.6 Å². The molecule has 21 heavy (non-hydrogen) atoms. The first kappa shape index (κ1) is 17.6. The minimum atomic E-state index is -4.25. The minimum absolute atomic E-state index is 0.00188. The molecule has 0 amide bonds. The summed E-state index contributed by atoms with van der Waals surface area (Å²) in [5.74, 6) is 0. The van der Waals surface area contributed by atoms with Crippen LogP contribution < -0.4 is 10.6 Å². The zero-order chi connectivity index (χ0) is 16.4. The fourth-order valence-electron chi connectivity index (χ4n) is 1.67. The fourth-order valence-corrected chi connectivity index (χ4v) is 2.60. The molecule has 1 rings (SSSR count). The van der Waals surface area contributed by atoms with Crippen molar-refractivity contribution in [3.63, 3.8) is 0 Å². The van der Waals surface area contributed by atoms with Gasteiger partial charge in [-0.25, -0.2) is 12.7 Å². The number of rotatable bonds is 5. The Balaban J connectivity index is 2.99. The van der Waals surface area contributed by atoms with Gasteiger partial charge in [-0.3, -0.25) is 0 Å². The fraction of sp³-hybridized carbons (Fsp3) is 0.500. The lowest BCUT2D eigenvalue weighted by molar-refractivity contribution is -0.132. The predicted molar refractivity (Wildman–Crippen MR) is 75.7 cm³/mol. The number of hydrogen-bond donors (Lipinski definition) is 1. The molecular weight excluding hydrogens is 307 g/mol. The van der Waals surface area contributed by atoms with Crippen molar-refractivity contribution in [1.82, 2.24) is 4.31 Å². The van der Waals surface area contributed by atoms with Crippen molar-refractivity contribution >= 4 is 21.4 Å². The van der Waals surface area contributed by atoms with Crippen LogP contribution in [-0.4, -0.2) is 46.6 Å². The van der Waals surface area contributed by atoms with E-state index in [1.165, 1.54) is 44.2 Å². The molecule has 120 valence electrons. The van der Waals surface area contributed by atoms with Gasteiger partial charge in [0.25, 0.3) is 0 Å². The van der Waals surface area contributed by atoms with Crippen LogP contribution in [0.5, 0.6) is 0 Å². The van der Waals surface area contributed by atoms with Crippen LogP contribution in [0.25, 0.3) is 0 Å². The number of sulfonamides is 1. The van der Waals surface area contributed by atoms with Crippen molar-refractivity contribution in [3.8, 4) is 0 Å². The largest absolute Gasteiger partial charge is 0.397 e. The van der Waals surface area contributed by atoms with Crippen molar-refractivity contribution in [2.24, 2.45) is 0 Å². The Morgan fingerprint density at radius 2 is 1.76 bits per heavy atom. The molecule has 0 bridgehead atoms. The molecule has 0 saturated heterocycles. The third kappa shape index (κ3) is 4.50. The summed E-state index contributed by atoms with van der Waals surface area (Å²) in [5, 5.41) is 0. The molecule has 0 aliphatic rings. The standard InChI is InChI=1S/C12H18F3N3O2S/c1-17(2)21(19,20)9-4-5-11(10(16)8-9)18(3)7-6-12(13,14)15/h4-5,8H,6-7,16H2,1-3H3. The van der Waals surface area contributed by atoms with Crippen molar-refractivity contribution in [3.05, 3.63) is 18.2 Å². The van der Waals surface area contributed by atoms with Crippen molar-refractivity contribution < 1.29 is 21.6 Å². The number of hydrogen-bond acceptors (Lipinski definition) is 4. The molecule has 1 aromatic carbocycles. The summed E-state index contributed by atoms with van der Waals surface area (Å²) in [6, 6.07) is 3.97. The van der Waals surface area contributed by atoms with E-state index >= 15 is 0 Å². The molecular formula is C12H18F3N3O2S. The number of alkyl halides is 3. The van der Waals surface area contributed by atoms with Crippen molar-refractivity contribution in [2.75, 3.05) is 38.3 Å². The second-order valence-corrected chi connectivity index (χ2v) is 6.95. The van der Waals surface area contributed by atoms with E-state index in [0.717, 1.165) is 4.31 Å². The lowest BCUT2D eigenvalue weighted by atomic mass is 10.2. The molecule has 0 heterocycles. The molecule has 0 radical (unpaired) electrons. The minimum Gasteiger partial charge on any atom is -0.397 e. The summed E-state index contributed by atoms with van der Waals surface area (Å²) < 4.78 is 61.5. The molecule has 0 aliphatic heterocycles. The highest BCUT2D eigenvalue weighted by molar-refractivity contribution is 7.89.